The average molecular weight is 346 g/mol. The molecule has 1 N–H and O–H groups in total. The highest BCUT2D eigenvalue weighted by Crippen LogP contribution is 2.22. The van der Waals surface area contributed by atoms with Gasteiger partial charge in [-0.15, -0.1) is 0 Å². The molecule has 0 amide bonds. The number of aliphatic hydroxyl groups excluding tert-OH is 1. The van der Waals surface area contributed by atoms with Crippen LogP contribution in [0.2, 0.25) is 0 Å². The molecule has 1 aliphatic carbocycles. The van der Waals surface area contributed by atoms with Gasteiger partial charge in [-0.25, -0.2) is 0 Å². The molecule has 1 aliphatic heterocycles. The van der Waals surface area contributed by atoms with Crippen molar-refractivity contribution in [2.75, 3.05) is 20.1 Å². The summed E-state index contributed by atoms with van der Waals surface area (Å²) in [6.07, 6.45) is 7.32. The minimum Gasteiger partial charge on any atom is -0.393 e. The van der Waals surface area contributed by atoms with E-state index in [2.05, 4.69) is 46.6 Å². The average Bonchev–Trinajstić information content (AvgIpc) is 2.57. The van der Waals surface area contributed by atoms with Crippen molar-refractivity contribution < 1.29 is 5.11 Å². The summed E-state index contributed by atoms with van der Waals surface area (Å²) in [7, 11) is 2.20. The van der Waals surface area contributed by atoms with Crippen molar-refractivity contribution in [2.45, 2.75) is 107 Å². The minimum absolute atomic E-state index is 0.0196. The first-order chi connectivity index (χ1) is 11.3. The van der Waals surface area contributed by atoms with Gasteiger partial charge < -0.3 is 10.0 Å². The van der Waals surface area contributed by atoms with E-state index in [1.165, 1.54) is 38.8 Å². The van der Waals surface area contributed by atoms with Gasteiger partial charge in [0.05, 0.1) is 6.10 Å². The zero-order valence-electron chi connectivity index (χ0n) is 18.9. The van der Waals surface area contributed by atoms with Crippen molar-refractivity contribution in [3.8, 4) is 0 Å². The fourth-order valence-corrected chi connectivity index (χ4v) is 2.38. The van der Waals surface area contributed by atoms with Gasteiger partial charge in [0.1, 0.15) is 0 Å². The SMILES string of the molecule is CC.CC.CC(C)C.CC1CCC(O)CC1.CC1CCN(C)CC1. The zero-order valence-corrected chi connectivity index (χ0v) is 18.9. The summed E-state index contributed by atoms with van der Waals surface area (Å²) in [5.41, 5.74) is 0. The van der Waals surface area contributed by atoms with Gasteiger partial charge in [0.15, 0.2) is 0 Å². The van der Waals surface area contributed by atoms with E-state index < -0.39 is 0 Å². The van der Waals surface area contributed by atoms with Gasteiger partial charge in [-0.1, -0.05) is 62.3 Å². The lowest BCUT2D eigenvalue weighted by Crippen LogP contribution is -2.28. The highest BCUT2D eigenvalue weighted by atomic mass is 16.3. The number of hydrogen-bond acceptors (Lipinski definition) is 2. The first-order valence-electron chi connectivity index (χ1n) is 10.7. The summed E-state index contributed by atoms with van der Waals surface area (Å²) in [5, 5.41) is 9.03. The van der Waals surface area contributed by atoms with Gasteiger partial charge in [0.2, 0.25) is 0 Å². The second kappa shape index (κ2) is 21.0. The summed E-state index contributed by atoms with van der Waals surface area (Å²) in [5.74, 6) is 2.67. The van der Waals surface area contributed by atoms with Crippen LogP contribution in [0.3, 0.4) is 0 Å². The predicted molar refractivity (Wildman–Crippen MR) is 113 cm³/mol. The molecule has 0 aromatic rings. The van der Waals surface area contributed by atoms with E-state index in [-0.39, 0.29) is 6.10 Å². The van der Waals surface area contributed by atoms with Crippen LogP contribution >= 0.6 is 0 Å². The van der Waals surface area contributed by atoms with E-state index in [1.54, 1.807) is 0 Å². The van der Waals surface area contributed by atoms with Gasteiger partial charge in [0.25, 0.3) is 0 Å². The van der Waals surface area contributed by atoms with E-state index in [9.17, 15) is 0 Å². The zero-order chi connectivity index (χ0) is 19.5. The Hall–Kier alpha value is -0.0800. The van der Waals surface area contributed by atoms with E-state index in [1.807, 2.05) is 27.7 Å². The molecule has 1 saturated carbocycles. The Labute approximate surface area is 155 Å². The molecular formula is C22H51NO. The Morgan fingerprint density at radius 2 is 1.00 bits per heavy atom. The lowest BCUT2D eigenvalue weighted by Gasteiger charge is -2.26. The van der Waals surface area contributed by atoms with E-state index in [4.69, 9.17) is 5.11 Å². The topological polar surface area (TPSA) is 23.5 Å². The molecular weight excluding hydrogens is 294 g/mol. The number of hydrogen-bond donors (Lipinski definition) is 1. The van der Waals surface area contributed by atoms with Crippen molar-refractivity contribution in [1.82, 2.24) is 4.90 Å². The molecule has 2 heteroatoms. The maximum Gasteiger partial charge on any atom is 0.0540 e. The molecule has 2 fully saturated rings. The van der Waals surface area contributed by atoms with Gasteiger partial charge in [-0.05, 0) is 76.4 Å². The molecule has 2 rings (SSSR count). The van der Waals surface area contributed by atoms with Crippen LogP contribution in [0, 0.1) is 17.8 Å². The number of rotatable bonds is 0. The van der Waals surface area contributed by atoms with Gasteiger partial charge in [-0.3, -0.25) is 0 Å². The molecule has 2 nitrogen and oxygen atoms in total. The summed E-state index contributed by atoms with van der Waals surface area (Å²) < 4.78 is 0. The molecule has 150 valence electrons. The summed E-state index contributed by atoms with van der Waals surface area (Å²) >= 11 is 0. The molecule has 1 heterocycles. The molecule has 0 spiro atoms. The maximum atomic E-state index is 9.03. The van der Waals surface area contributed by atoms with Crippen LogP contribution < -0.4 is 0 Å². The van der Waals surface area contributed by atoms with Crippen LogP contribution in [-0.2, 0) is 0 Å². The highest BCUT2D eigenvalue weighted by Gasteiger charge is 2.14. The minimum atomic E-state index is 0.0196. The summed E-state index contributed by atoms with van der Waals surface area (Å²) in [6.45, 7) is 21.7. The standard InChI is InChI=1S/C7H15N.C7H14O.C4H10.2C2H6/c1-7-3-5-8(2)6-4-7;1-6-2-4-7(8)5-3-6;1-4(2)3;2*1-2/h7H,3-6H2,1-2H3;6-8H,2-5H2,1H3;4H,1-3H3;2*1-2H3. The molecule has 0 aromatic heterocycles. The van der Waals surface area contributed by atoms with Gasteiger partial charge >= 0.3 is 0 Å². The lowest BCUT2D eigenvalue weighted by molar-refractivity contribution is 0.112. The Bertz CT molecular complexity index is 159. The van der Waals surface area contributed by atoms with Crippen LogP contribution in [0.4, 0.5) is 0 Å². The van der Waals surface area contributed by atoms with Crippen LogP contribution in [0.25, 0.3) is 0 Å². The second-order valence-electron chi connectivity index (χ2n) is 7.63. The third kappa shape index (κ3) is 24.2. The molecule has 2 aliphatic rings. The van der Waals surface area contributed by atoms with Crippen LogP contribution in [0.5, 0.6) is 0 Å². The van der Waals surface area contributed by atoms with E-state index in [0.717, 1.165) is 30.6 Å². The van der Waals surface area contributed by atoms with Crippen molar-refractivity contribution >= 4 is 0 Å². The van der Waals surface area contributed by atoms with Gasteiger partial charge in [-0.2, -0.15) is 0 Å². The monoisotopic (exact) mass is 345 g/mol. The predicted octanol–water partition coefficient (Wildman–Crippen LogP) is 6.62. The molecule has 0 radical (unpaired) electrons. The largest absolute Gasteiger partial charge is 0.393 e. The maximum absolute atomic E-state index is 9.03. The molecule has 0 bridgehead atoms. The van der Waals surface area contributed by atoms with Crippen LogP contribution in [-0.4, -0.2) is 36.2 Å². The van der Waals surface area contributed by atoms with E-state index >= 15 is 0 Å². The highest BCUT2D eigenvalue weighted by molar-refractivity contribution is 4.67. The number of piperidine rings is 1. The smallest absolute Gasteiger partial charge is 0.0540 e. The molecule has 0 atom stereocenters. The Morgan fingerprint density at radius 3 is 1.25 bits per heavy atom. The quantitative estimate of drug-likeness (QED) is 0.533. The van der Waals surface area contributed by atoms with E-state index in [0.29, 0.717) is 0 Å². The van der Waals surface area contributed by atoms with Crippen LogP contribution in [0.1, 0.15) is 101 Å². The first-order valence-corrected chi connectivity index (χ1v) is 10.7. The normalized spacial score (nSPS) is 24.0. The molecule has 24 heavy (non-hydrogen) atoms. The molecule has 0 aromatic carbocycles. The van der Waals surface area contributed by atoms with Crippen LogP contribution in [0.15, 0.2) is 0 Å². The van der Waals surface area contributed by atoms with Crippen molar-refractivity contribution in [2.24, 2.45) is 17.8 Å². The number of likely N-dealkylation sites (tertiary alicyclic amines) is 1. The van der Waals surface area contributed by atoms with Crippen molar-refractivity contribution in [3.05, 3.63) is 0 Å². The Kier molecular flexibility index (Phi) is 25.1. The second-order valence-corrected chi connectivity index (χ2v) is 7.63. The molecule has 1 saturated heterocycles. The Morgan fingerprint density at radius 1 is 0.708 bits per heavy atom. The van der Waals surface area contributed by atoms with Gasteiger partial charge in [0, 0.05) is 0 Å². The lowest BCUT2D eigenvalue weighted by atomic mass is 9.89. The fraction of sp³-hybridized carbons (Fsp3) is 1.00. The van der Waals surface area contributed by atoms with Crippen molar-refractivity contribution in [3.63, 3.8) is 0 Å². The summed E-state index contributed by atoms with van der Waals surface area (Å²) in [4.78, 5) is 2.40. The summed E-state index contributed by atoms with van der Waals surface area (Å²) in [6, 6.07) is 0. The Balaban J connectivity index is -0.000000261. The fourth-order valence-electron chi connectivity index (χ4n) is 2.38. The number of nitrogens with zero attached hydrogens (tertiary/aromatic N) is 1. The third-order valence-electron chi connectivity index (χ3n) is 3.99. The third-order valence-corrected chi connectivity index (χ3v) is 3.99. The van der Waals surface area contributed by atoms with Crippen molar-refractivity contribution in [1.29, 1.82) is 0 Å². The molecule has 0 unspecified atom stereocenters. The number of aliphatic hydroxyl groups is 1. The first kappa shape index (κ1) is 28.7.